The molecule has 0 spiro atoms. The van der Waals surface area contributed by atoms with Gasteiger partial charge in [0.15, 0.2) is 0 Å². The van der Waals surface area contributed by atoms with Crippen LogP contribution in [0.15, 0.2) is 18.3 Å². The first-order chi connectivity index (χ1) is 8.65. The van der Waals surface area contributed by atoms with Crippen LogP contribution in [0.5, 0.6) is 0 Å². The van der Waals surface area contributed by atoms with Crippen molar-refractivity contribution in [1.82, 2.24) is 4.98 Å². The number of nitrogens with zero attached hydrogens (tertiary/aromatic N) is 2. The first kappa shape index (κ1) is 12.9. The number of aromatic nitrogens is 1. The van der Waals surface area contributed by atoms with Gasteiger partial charge in [0.2, 0.25) is 5.91 Å². The van der Waals surface area contributed by atoms with E-state index >= 15 is 0 Å². The van der Waals surface area contributed by atoms with E-state index in [0.29, 0.717) is 30.1 Å². The predicted octanol–water partition coefficient (Wildman–Crippen LogP) is 1.15. The highest BCUT2D eigenvalue weighted by Crippen LogP contribution is 2.24. The van der Waals surface area contributed by atoms with Crippen LogP contribution < -0.4 is 4.90 Å². The topological polar surface area (TPSA) is 59.5 Å². The molecule has 0 aromatic carbocycles. The zero-order valence-corrected chi connectivity index (χ0v) is 10.9. The zero-order chi connectivity index (χ0) is 13.1. The first-order valence-corrected chi connectivity index (χ1v) is 6.24. The quantitative estimate of drug-likeness (QED) is 0.658. The van der Waals surface area contributed by atoms with Crippen molar-refractivity contribution in [1.29, 1.82) is 0 Å². The minimum atomic E-state index is -0.435. The van der Waals surface area contributed by atoms with Gasteiger partial charge in [-0.1, -0.05) is 0 Å². The number of amides is 1. The highest BCUT2D eigenvalue weighted by atomic mass is 32.1. The van der Waals surface area contributed by atoms with Crippen LogP contribution in [0.2, 0.25) is 0 Å². The van der Waals surface area contributed by atoms with E-state index in [9.17, 15) is 9.59 Å². The van der Waals surface area contributed by atoms with Gasteiger partial charge in [-0.15, -0.1) is 0 Å². The average Bonchev–Trinajstić information content (AvgIpc) is 2.79. The number of thiol groups is 1. The molecule has 1 saturated heterocycles. The molecule has 0 bridgehead atoms. The number of ether oxygens (including phenoxy) is 1. The van der Waals surface area contributed by atoms with E-state index < -0.39 is 5.97 Å². The second kappa shape index (κ2) is 5.39. The van der Waals surface area contributed by atoms with E-state index in [-0.39, 0.29) is 11.8 Å². The normalized spacial score (nSPS) is 19.1. The third-order valence-electron chi connectivity index (χ3n) is 2.91. The average molecular weight is 266 g/mol. The highest BCUT2D eigenvalue weighted by Gasteiger charge is 2.30. The van der Waals surface area contributed by atoms with Crippen LogP contribution >= 0.6 is 12.6 Å². The van der Waals surface area contributed by atoms with Gasteiger partial charge >= 0.3 is 5.97 Å². The summed E-state index contributed by atoms with van der Waals surface area (Å²) in [6, 6.07) is 3.26. The first-order valence-electron chi connectivity index (χ1n) is 5.61. The summed E-state index contributed by atoms with van der Waals surface area (Å²) in [6.45, 7) is 0.632. The van der Waals surface area contributed by atoms with Gasteiger partial charge in [0.1, 0.15) is 5.82 Å². The maximum atomic E-state index is 11.8. The Bertz CT molecular complexity index is 461. The fourth-order valence-corrected chi connectivity index (χ4v) is 2.15. The number of hydrogen-bond donors (Lipinski definition) is 1. The van der Waals surface area contributed by atoms with Crippen LogP contribution in [0.1, 0.15) is 16.8 Å². The van der Waals surface area contributed by atoms with Crippen molar-refractivity contribution in [3.8, 4) is 0 Å². The molecule has 1 amide bonds. The Morgan fingerprint density at radius 3 is 2.89 bits per heavy atom. The molecular formula is C12H14N2O3S. The predicted molar refractivity (Wildman–Crippen MR) is 69.9 cm³/mol. The van der Waals surface area contributed by atoms with Gasteiger partial charge in [0.05, 0.1) is 12.7 Å². The summed E-state index contributed by atoms with van der Waals surface area (Å²) in [4.78, 5) is 28.8. The van der Waals surface area contributed by atoms with Gasteiger partial charge < -0.3 is 4.74 Å². The van der Waals surface area contributed by atoms with E-state index in [1.54, 1.807) is 17.0 Å². The molecule has 6 heteroatoms. The Morgan fingerprint density at radius 1 is 1.61 bits per heavy atom. The van der Waals surface area contributed by atoms with Crippen molar-refractivity contribution in [2.45, 2.75) is 6.42 Å². The van der Waals surface area contributed by atoms with Crippen LogP contribution in [0.25, 0.3) is 0 Å². The minimum absolute atomic E-state index is 0.0485. The number of pyridine rings is 1. The molecule has 0 N–H and O–H groups in total. The zero-order valence-electron chi connectivity index (χ0n) is 10.00. The molecule has 1 unspecified atom stereocenters. The highest BCUT2D eigenvalue weighted by molar-refractivity contribution is 7.80. The number of esters is 1. The second-order valence-electron chi connectivity index (χ2n) is 4.15. The van der Waals surface area contributed by atoms with Crippen molar-refractivity contribution in [3.63, 3.8) is 0 Å². The molecule has 2 heterocycles. The smallest absolute Gasteiger partial charge is 0.339 e. The fourth-order valence-electron chi connectivity index (χ4n) is 1.91. The largest absolute Gasteiger partial charge is 0.465 e. The maximum Gasteiger partial charge on any atom is 0.339 e. The van der Waals surface area contributed by atoms with Gasteiger partial charge in [-0.3, -0.25) is 9.69 Å². The summed E-state index contributed by atoms with van der Waals surface area (Å²) < 4.78 is 4.59. The van der Waals surface area contributed by atoms with Gasteiger partial charge in [-0.05, 0) is 23.8 Å². The SMILES string of the molecule is COC(=O)c1ccc(N2CC(CS)CC2=O)nc1. The molecular weight excluding hydrogens is 252 g/mol. The molecule has 1 fully saturated rings. The molecule has 96 valence electrons. The van der Waals surface area contributed by atoms with Crippen LogP contribution in [0, 0.1) is 5.92 Å². The van der Waals surface area contributed by atoms with Crippen molar-refractivity contribution >= 4 is 30.3 Å². The Labute approximate surface area is 111 Å². The lowest BCUT2D eigenvalue weighted by molar-refractivity contribution is -0.117. The molecule has 5 nitrogen and oxygen atoms in total. The van der Waals surface area contributed by atoms with E-state index in [1.807, 2.05) is 0 Å². The van der Waals surface area contributed by atoms with E-state index in [0.717, 1.165) is 0 Å². The monoisotopic (exact) mass is 266 g/mol. The van der Waals surface area contributed by atoms with Gasteiger partial charge in [-0.2, -0.15) is 12.6 Å². The van der Waals surface area contributed by atoms with Crippen LogP contribution in [-0.2, 0) is 9.53 Å². The fraction of sp³-hybridized carbons (Fsp3) is 0.417. The van der Waals surface area contributed by atoms with Gasteiger partial charge in [0, 0.05) is 19.2 Å². The lowest BCUT2D eigenvalue weighted by Gasteiger charge is -2.15. The van der Waals surface area contributed by atoms with Gasteiger partial charge in [-0.25, -0.2) is 9.78 Å². The van der Waals surface area contributed by atoms with Crippen molar-refractivity contribution in [3.05, 3.63) is 23.9 Å². The molecule has 1 aromatic heterocycles. The molecule has 2 rings (SSSR count). The van der Waals surface area contributed by atoms with Crippen LogP contribution in [0.4, 0.5) is 5.82 Å². The van der Waals surface area contributed by atoms with Crippen LogP contribution in [0.3, 0.4) is 0 Å². The molecule has 1 aliphatic rings. The van der Waals surface area contributed by atoms with Crippen molar-refractivity contribution < 1.29 is 14.3 Å². The van der Waals surface area contributed by atoms with E-state index in [4.69, 9.17) is 0 Å². The summed E-state index contributed by atoms with van der Waals surface area (Å²) in [6.07, 6.45) is 1.92. The molecule has 0 radical (unpaired) electrons. The van der Waals surface area contributed by atoms with Crippen LogP contribution in [-0.4, -0.2) is 36.3 Å². The second-order valence-corrected chi connectivity index (χ2v) is 4.52. The molecule has 18 heavy (non-hydrogen) atoms. The lowest BCUT2D eigenvalue weighted by atomic mass is 10.1. The molecule has 1 atom stereocenters. The summed E-state index contributed by atoms with van der Waals surface area (Å²) in [5, 5.41) is 0. The summed E-state index contributed by atoms with van der Waals surface area (Å²) >= 11 is 4.20. The van der Waals surface area contributed by atoms with Crippen molar-refractivity contribution in [2.24, 2.45) is 5.92 Å². The Balaban J connectivity index is 2.15. The summed E-state index contributed by atoms with van der Waals surface area (Å²) in [5.41, 5.74) is 0.374. The Morgan fingerprint density at radius 2 is 2.39 bits per heavy atom. The number of methoxy groups -OCH3 is 1. The van der Waals surface area contributed by atoms with E-state index in [1.165, 1.54) is 13.3 Å². The number of hydrogen-bond acceptors (Lipinski definition) is 5. The number of rotatable bonds is 3. The number of anilines is 1. The Hall–Kier alpha value is -1.56. The third kappa shape index (κ3) is 2.48. The standard InChI is InChI=1S/C12H14N2O3S/c1-17-12(16)9-2-3-10(13-5-9)14-6-8(7-18)4-11(14)15/h2-3,5,8,18H,4,6-7H2,1H3. The Kier molecular flexibility index (Phi) is 3.86. The maximum absolute atomic E-state index is 11.8. The lowest BCUT2D eigenvalue weighted by Crippen LogP contribution is -2.25. The third-order valence-corrected chi connectivity index (χ3v) is 3.43. The molecule has 1 aromatic rings. The summed E-state index contributed by atoms with van der Waals surface area (Å²) in [5.74, 6) is 1.13. The molecule has 1 aliphatic heterocycles. The van der Waals surface area contributed by atoms with Gasteiger partial charge in [0.25, 0.3) is 0 Å². The molecule has 0 saturated carbocycles. The minimum Gasteiger partial charge on any atom is -0.465 e. The number of carbonyl (C=O) groups excluding carboxylic acids is 2. The number of carbonyl (C=O) groups is 2. The van der Waals surface area contributed by atoms with E-state index in [2.05, 4.69) is 22.3 Å². The van der Waals surface area contributed by atoms with Crippen molar-refractivity contribution in [2.75, 3.05) is 24.3 Å². The summed E-state index contributed by atoms with van der Waals surface area (Å²) in [7, 11) is 1.32. The molecule has 0 aliphatic carbocycles.